The first-order chi connectivity index (χ1) is 12.5. The summed E-state index contributed by atoms with van der Waals surface area (Å²) < 4.78 is 5.34. The van der Waals surface area contributed by atoms with Crippen LogP contribution in [-0.2, 0) is 17.8 Å². The van der Waals surface area contributed by atoms with Gasteiger partial charge in [-0.05, 0) is 30.2 Å². The van der Waals surface area contributed by atoms with Crippen LogP contribution < -0.4 is 10.1 Å². The Morgan fingerprint density at radius 1 is 1.12 bits per heavy atom. The van der Waals surface area contributed by atoms with E-state index in [1.54, 1.807) is 38.3 Å². The molecule has 2 aromatic carbocycles. The number of carbonyl (C=O) groups is 2. The van der Waals surface area contributed by atoms with Crippen LogP contribution in [0.4, 0.5) is 4.79 Å². The largest absolute Gasteiger partial charge is 0.496 e. The number of amides is 3. The summed E-state index contributed by atoms with van der Waals surface area (Å²) in [5.74, 6) is 0.352. The SMILES string of the molecule is COc1ccccc1C[C@@]1(C)NC(=O)N(Cc2ccccc2C#N)C1=O. The number of ether oxygens (including phenoxy) is 1. The van der Waals surface area contributed by atoms with Crippen molar-refractivity contribution >= 4 is 11.9 Å². The first-order valence-corrected chi connectivity index (χ1v) is 8.22. The van der Waals surface area contributed by atoms with Crippen molar-refractivity contribution in [2.75, 3.05) is 7.11 Å². The molecule has 1 aliphatic heterocycles. The second-order valence-electron chi connectivity index (χ2n) is 6.41. The van der Waals surface area contributed by atoms with Gasteiger partial charge >= 0.3 is 6.03 Å². The highest BCUT2D eigenvalue weighted by atomic mass is 16.5. The standard InChI is InChI=1S/C20H19N3O3/c1-20(11-14-7-5-6-10-17(14)26-2)18(24)23(19(25)22-20)13-16-9-4-3-8-15(16)12-21/h3-10H,11,13H2,1-2H3,(H,22,25)/t20-/m1/s1. The molecule has 0 unspecified atom stereocenters. The van der Waals surface area contributed by atoms with Crippen LogP contribution in [0.25, 0.3) is 0 Å². The topological polar surface area (TPSA) is 82.4 Å². The molecule has 1 atom stereocenters. The number of carbonyl (C=O) groups excluding carboxylic acids is 2. The maximum absolute atomic E-state index is 13.0. The molecule has 0 aromatic heterocycles. The maximum Gasteiger partial charge on any atom is 0.325 e. The average molecular weight is 349 g/mol. The van der Waals surface area contributed by atoms with E-state index in [0.717, 1.165) is 10.5 Å². The van der Waals surface area contributed by atoms with E-state index >= 15 is 0 Å². The molecule has 0 aliphatic carbocycles. The number of imide groups is 1. The minimum Gasteiger partial charge on any atom is -0.496 e. The summed E-state index contributed by atoms with van der Waals surface area (Å²) in [5.41, 5.74) is 0.865. The van der Waals surface area contributed by atoms with Gasteiger partial charge in [0.25, 0.3) is 5.91 Å². The fourth-order valence-corrected chi connectivity index (χ4v) is 3.18. The molecule has 1 heterocycles. The van der Waals surface area contributed by atoms with E-state index in [9.17, 15) is 14.9 Å². The summed E-state index contributed by atoms with van der Waals surface area (Å²) in [5, 5.41) is 12.0. The molecule has 0 spiro atoms. The third kappa shape index (κ3) is 3.11. The molecule has 6 heteroatoms. The summed E-state index contributed by atoms with van der Waals surface area (Å²) in [6, 6.07) is 16.0. The van der Waals surface area contributed by atoms with Gasteiger partial charge in [0.1, 0.15) is 11.3 Å². The minimum atomic E-state index is -1.06. The predicted octanol–water partition coefficient (Wildman–Crippen LogP) is 2.62. The Morgan fingerprint density at radius 3 is 2.46 bits per heavy atom. The molecular weight excluding hydrogens is 330 g/mol. The quantitative estimate of drug-likeness (QED) is 0.841. The van der Waals surface area contributed by atoms with Crippen molar-refractivity contribution in [3.63, 3.8) is 0 Å². The monoisotopic (exact) mass is 349 g/mol. The maximum atomic E-state index is 13.0. The van der Waals surface area contributed by atoms with Gasteiger partial charge in [0, 0.05) is 6.42 Å². The number of benzene rings is 2. The lowest BCUT2D eigenvalue weighted by atomic mass is 9.92. The third-order valence-corrected chi connectivity index (χ3v) is 4.55. The van der Waals surface area contributed by atoms with Crippen LogP contribution in [0.1, 0.15) is 23.6 Å². The fraction of sp³-hybridized carbons (Fsp3) is 0.250. The molecular formula is C20H19N3O3. The molecule has 26 heavy (non-hydrogen) atoms. The zero-order valence-corrected chi connectivity index (χ0v) is 14.7. The van der Waals surface area contributed by atoms with Gasteiger partial charge in [0.15, 0.2) is 0 Å². The first-order valence-electron chi connectivity index (χ1n) is 8.22. The van der Waals surface area contributed by atoms with E-state index in [2.05, 4.69) is 11.4 Å². The van der Waals surface area contributed by atoms with Gasteiger partial charge in [-0.15, -0.1) is 0 Å². The van der Waals surface area contributed by atoms with E-state index in [1.807, 2.05) is 24.3 Å². The summed E-state index contributed by atoms with van der Waals surface area (Å²) in [7, 11) is 1.57. The molecule has 2 aromatic rings. The van der Waals surface area contributed by atoms with Crippen molar-refractivity contribution in [1.82, 2.24) is 10.2 Å². The van der Waals surface area contributed by atoms with Gasteiger partial charge in [-0.1, -0.05) is 36.4 Å². The number of para-hydroxylation sites is 1. The summed E-state index contributed by atoms with van der Waals surface area (Å²) in [4.78, 5) is 26.6. The lowest BCUT2D eigenvalue weighted by Crippen LogP contribution is -2.46. The van der Waals surface area contributed by atoms with Crippen LogP contribution in [0.2, 0.25) is 0 Å². The number of nitriles is 1. The number of hydrogen-bond donors (Lipinski definition) is 1. The second-order valence-corrected chi connectivity index (χ2v) is 6.41. The number of rotatable bonds is 5. The molecule has 6 nitrogen and oxygen atoms in total. The van der Waals surface area contributed by atoms with E-state index in [0.29, 0.717) is 23.3 Å². The van der Waals surface area contributed by atoms with Crippen LogP contribution in [-0.4, -0.2) is 29.5 Å². The normalized spacial score (nSPS) is 19.2. The summed E-state index contributed by atoms with van der Waals surface area (Å²) >= 11 is 0. The van der Waals surface area contributed by atoms with E-state index < -0.39 is 11.6 Å². The molecule has 0 bridgehead atoms. The number of hydrogen-bond acceptors (Lipinski definition) is 4. The average Bonchev–Trinajstić information content (AvgIpc) is 2.85. The van der Waals surface area contributed by atoms with Gasteiger partial charge in [-0.2, -0.15) is 5.26 Å². The van der Waals surface area contributed by atoms with Crippen LogP contribution in [0.15, 0.2) is 48.5 Å². The van der Waals surface area contributed by atoms with Crippen molar-refractivity contribution in [2.24, 2.45) is 0 Å². The number of urea groups is 1. The number of nitrogens with one attached hydrogen (secondary N) is 1. The molecule has 1 saturated heterocycles. The highest BCUT2D eigenvalue weighted by Crippen LogP contribution is 2.28. The summed E-state index contributed by atoms with van der Waals surface area (Å²) in [6.45, 7) is 1.77. The van der Waals surface area contributed by atoms with E-state index in [-0.39, 0.29) is 12.5 Å². The van der Waals surface area contributed by atoms with Crippen LogP contribution in [0, 0.1) is 11.3 Å². The molecule has 132 valence electrons. The van der Waals surface area contributed by atoms with Crippen LogP contribution in [0.5, 0.6) is 5.75 Å². The van der Waals surface area contributed by atoms with Gasteiger partial charge in [0.2, 0.25) is 0 Å². The van der Waals surface area contributed by atoms with E-state index in [1.165, 1.54) is 0 Å². The van der Waals surface area contributed by atoms with E-state index in [4.69, 9.17) is 4.74 Å². The lowest BCUT2D eigenvalue weighted by molar-refractivity contribution is -0.131. The fourth-order valence-electron chi connectivity index (χ4n) is 3.18. The zero-order valence-electron chi connectivity index (χ0n) is 14.7. The van der Waals surface area contributed by atoms with Crippen LogP contribution in [0.3, 0.4) is 0 Å². The smallest absolute Gasteiger partial charge is 0.325 e. The number of methoxy groups -OCH3 is 1. The lowest BCUT2D eigenvalue weighted by Gasteiger charge is -2.23. The Hall–Kier alpha value is -3.33. The number of nitrogens with zero attached hydrogens (tertiary/aromatic N) is 2. The molecule has 3 amide bonds. The molecule has 1 fully saturated rings. The summed E-state index contributed by atoms with van der Waals surface area (Å²) in [6.07, 6.45) is 0.317. The van der Waals surface area contributed by atoms with Gasteiger partial charge in [-0.25, -0.2) is 4.79 Å². The van der Waals surface area contributed by atoms with Crippen molar-refractivity contribution in [1.29, 1.82) is 5.26 Å². The highest BCUT2D eigenvalue weighted by Gasteiger charge is 2.48. The molecule has 1 N–H and O–H groups in total. The van der Waals surface area contributed by atoms with Gasteiger partial charge in [-0.3, -0.25) is 9.69 Å². The Labute approximate surface area is 152 Å². The van der Waals surface area contributed by atoms with Gasteiger partial charge in [0.05, 0.1) is 25.3 Å². The van der Waals surface area contributed by atoms with Crippen molar-refractivity contribution < 1.29 is 14.3 Å². The Bertz CT molecular complexity index is 903. The van der Waals surface area contributed by atoms with Crippen LogP contribution >= 0.6 is 0 Å². The second kappa shape index (κ2) is 6.89. The Kier molecular flexibility index (Phi) is 4.63. The molecule has 0 radical (unpaired) electrons. The van der Waals surface area contributed by atoms with Crippen molar-refractivity contribution in [3.05, 3.63) is 65.2 Å². The van der Waals surface area contributed by atoms with Crippen molar-refractivity contribution in [3.8, 4) is 11.8 Å². The third-order valence-electron chi connectivity index (χ3n) is 4.55. The first kappa shape index (κ1) is 17.5. The predicted molar refractivity (Wildman–Crippen MR) is 95.3 cm³/mol. The Morgan fingerprint density at radius 2 is 1.77 bits per heavy atom. The molecule has 1 aliphatic rings. The zero-order chi connectivity index (χ0) is 18.7. The molecule has 3 rings (SSSR count). The Balaban J connectivity index is 1.85. The minimum absolute atomic E-state index is 0.0654. The molecule has 0 saturated carbocycles. The van der Waals surface area contributed by atoms with Crippen molar-refractivity contribution in [2.45, 2.75) is 25.4 Å². The highest BCUT2D eigenvalue weighted by molar-refractivity contribution is 6.07. The van der Waals surface area contributed by atoms with Gasteiger partial charge < -0.3 is 10.1 Å².